The van der Waals surface area contributed by atoms with Gasteiger partial charge in [0.2, 0.25) is 5.91 Å². The van der Waals surface area contributed by atoms with E-state index in [1.807, 2.05) is 6.92 Å². The zero-order chi connectivity index (χ0) is 17.1. The number of ether oxygens (including phenoxy) is 1. The summed E-state index contributed by atoms with van der Waals surface area (Å²) >= 11 is 0. The van der Waals surface area contributed by atoms with Gasteiger partial charge < -0.3 is 15.4 Å². The summed E-state index contributed by atoms with van der Waals surface area (Å²) in [5.41, 5.74) is 0.881. The lowest BCUT2D eigenvalue weighted by Gasteiger charge is -2.15. The Morgan fingerprint density at radius 2 is 1.96 bits per heavy atom. The van der Waals surface area contributed by atoms with E-state index in [9.17, 15) is 18.0 Å². The van der Waals surface area contributed by atoms with Crippen LogP contribution in [0.15, 0.2) is 24.3 Å². The van der Waals surface area contributed by atoms with Crippen molar-refractivity contribution in [1.29, 1.82) is 0 Å². The summed E-state index contributed by atoms with van der Waals surface area (Å²) < 4.78 is 43.6. The lowest BCUT2D eigenvalue weighted by atomic mass is 10.2. The molecule has 0 spiro atoms. The summed E-state index contributed by atoms with van der Waals surface area (Å²) in [6, 6.07) is 6.44. The Kier molecular flexibility index (Phi) is 9.12. The molecule has 0 aliphatic rings. The summed E-state index contributed by atoms with van der Waals surface area (Å²) in [5.74, 6) is 0.114. The van der Waals surface area contributed by atoms with Crippen LogP contribution in [0.5, 0.6) is 5.75 Å². The van der Waals surface area contributed by atoms with Gasteiger partial charge in [-0.25, -0.2) is 4.39 Å². The van der Waals surface area contributed by atoms with Crippen LogP contribution in [-0.2, 0) is 11.3 Å². The van der Waals surface area contributed by atoms with Gasteiger partial charge in [0.15, 0.2) is 6.17 Å². The molecular weight excluding hydrogens is 309 g/mol. The molecule has 0 fully saturated rings. The van der Waals surface area contributed by atoms with E-state index < -0.39 is 19.2 Å². The van der Waals surface area contributed by atoms with Crippen LogP contribution in [0.4, 0.5) is 13.2 Å². The largest absolute Gasteiger partial charge is 0.457 e. The van der Waals surface area contributed by atoms with Crippen LogP contribution in [0.25, 0.3) is 0 Å². The molecule has 2 unspecified atom stereocenters. The zero-order valence-electron chi connectivity index (χ0n) is 13.2. The molecule has 0 radical (unpaired) electrons. The second kappa shape index (κ2) is 10.9. The highest BCUT2D eigenvalue weighted by Gasteiger charge is 2.21. The maximum absolute atomic E-state index is 13.5. The lowest BCUT2D eigenvalue weighted by Crippen LogP contribution is -2.33. The van der Waals surface area contributed by atoms with Gasteiger partial charge in [0.25, 0.3) is 6.36 Å². The van der Waals surface area contributed by atoms with Crippen LogP contribution >= 0.6 is 0 Å². The number of rotatable bonds is 11. The quantitative estimate of drug-likeness (QED) is 0.655. The number of amides is 1. The third-order valence-corrected chi connectivity index (χ3v) is 3.06. The Morgan fingerprint density at radius 1 is 1.26 bits per heavy atom. The Bertz CT molecular complexity index is 457. The highest BCUT2D eigenvalue weighted by molar-refractivity contribution is 5.77. The van der Waals surface area contributed by atoms with Crippen LogP contribution in [0.2, 0.25) is 0 Å². The molecule has 2 N–H and O–H groups in total. The van der Waals surface area contributed by atoms with Crippen molar-refractivity contribution < 1.29 is 22.7 Å². The summed E-state index contributed by atoms with van der Waals surface area (Å²) in [7, 11) is 0. The topological polar surface area (TPSA) is 50.4 Å². The van der Waals surface area contributed by atoms with Gasteiger partial charge in [-0.1, -0.05) is 12.1 Å². The van der Waals surface area contributed by atoms with E-state index >= 15 is 0 Å². The molecule has 4 nitrogen and oxygen atoms in total. The third-order valence-electron chi connectivity index (χ3n) is 3.06. The minimum atomic E-state index is -2.11. The van der Waals surface area contributed by atoms with Crippen molar-refractivity contribution in [1.82, 2.24) is 10.6 Å². The van der Waals surface area contributed by atoms with Gasteiger partial charge in [-0.15, -0.1) is 0 Å². The monoisotopic (exact) mass is 332 g/mol. The molecule has 1 aromatic rings. The summed E-state index contributed by atoms with van der Waals surface area (Å²) in [5, 5.41) is 5.63. The van der Waals surface area contributed by atoms with Crippen molar-refractivity contribution in [2.24, 2.45) is 0 Å². The maximum Gasteiger partial charge on any atom is 0.269 e. The third kappa shape index (κ3) is 7.88. The number of carbonyl (C=O) groups is 1. The molecule has 130 valence electrons. The number of benzene rings is 1. The van der Waals surface area contributed by atoms with Crippen molar-refractivity contribution in [2.75, 3.05) is 19.8 Å². The smallest absolute Gasteiger partial charge is 0.269 e. The molecule has 0 heterocycles. The fraction of sp³-hybridized carbons (Fsp3) is 0.562. The fourth-order valence-electron chi connectivity index (χ4n) is 1.87. The molecular formula is C16H23F3N2O2. The molecule has 23 heavy (non-hydrogen) atoms. The summed E-state index contributed by atoms with van der Waals surface area (Å²) in [6.07, 6.45) is -4.19. The van der Waals surface area contributed by atoms with Gasteiger partial charge in [0.05, 0.1) is 13.2 Å². The van der Waals surface area contributed by atoms with Crippen molar-refractivity contribution in [2.45, 2.75) is 38.8 Å². The van der Waals surface area contributed by atoms with Crippen molar-refractivity contribution in [3.63, 3.8) is 0 Å². The SMILES string of the molecule is CCNC(=O)CNCc1ccc(OC(F)C(F)CCCF)cc1. The highest BCUT2D eigenvalue weighted by Crippen LogP contribution is 2.19. The second-order valence-electron chi connectivity index (χ2n) is 5.02. The molecule has 7 heteroatoms. The first-order valence-corrected chi connectivity index (χ1v) is 7.64. The minimum Gasteiger partial charge on any atom is -0.457 e. The van der Waals surface area contributed by atoms with Gasteiger partial charge in [0.1, 0.15) is 5.75 Å². The van der Waals surface area contributed by atoms with E-state index in [0.29, 0.717) is 13.1 Å². The second-order valence-corrected chi connectivity index (χ2v) is 5.02. The Morgan fingerprint density at radius 3 is 2.57 bits per heavy atom. The van der Waals surface area contributed by atoms with E-state index in [1.54, 1.807) is 12.1 Å². The maximum atomic E-state index is 13.5. The Balaban J connectivity index is 2.36. The van der Waals surface area contributed by atoms with Gasteiger partial charge >= 0.3 is 0 Å². The molecule has 0 saturated carbocycles. The molecule has 1 rings (SSSR count). The van der Waals surface area contributed by atoms with E-state index in [-0.39, 0.29) is 31.0 Å². The molecule has 0 aromatic heterocycles. The standard InChI is InChI=1S/C16H23F3N2O2/c1-2-21-15(22)11-20-10-12-5-7-13(8-6-12)23-16(19)14(18)4-3-9-17/h5-8,14,16,20H,2-4,9-11H2,1H3,(H,21,22). The van der Waals surface area contributed by atoms with E-state index in [2.05, 4.69) is 10.6 Å². The minimum absolute atomic E-state index is 0.0266. The van der Waals surface area contributed by atoms with Gasteiger partial charge in [-0.3, -0.25) is 9.18 Å². The van der Waals surface area contributed by atoms with E-state index in [0.717, 1.165) is 5.56 Å². The first-order chi connectivity index (χ1) is 11.1. The van der Waals surface area contributed by atoms with Crippen LogP contribution in [-0.4, -0.2) is 38.2 Å². The molecule has 0 saturated heterocycles. The number of likely N-dealkylation sites (N-methyl/N-ethyl adjacent to an activating group) is 1. The predicted octanol–water partition coefficient (Wildman–Crippen LogP) is 2.67. The summed E-state index contributed by atoms with van der Waals surface area (Å²) in [6.45, 7) is 2.42. The number of hydrogen-bond donors (Lipinski definition) is 2. The van der Waals surface area contributed by atoms with Crippen molar-refractivity contribution in [3.05, 3.63) is 29.8 Å². The number of hydrogen-bond acceptors (Lipinski definition) is 3. The van der Waals surface area contributed by atoms with E-state index in [1.165, 1.54) is 12.1 Å². The van der Waals surface area contributed by atoms with Crippen molar-refractivity contribution >= 4 is 5.91 Å². The molecule has 0 aliphatic carbocycles. The van der Waals surface area contributed by atoms with Crippen LogP contribution in [0.1, 0.15) is 25.3 Å². The highest BCUT2D eigenvalue weighted by atomic mass is 19.2. The zero-order valence-corrected chi connectivity index (χ0v) is 13.2. The Hall–Kier alpha value is -1.76. The predicted molar refractivity (Wildman–Crippen MR) is 82.5 cm³/mol. The fourth-order valence-corrected chi connectivity index (χ4v) is 1.87. The Labute approximate surface area is 134 Å². The first-order valence-electron chi connectivity index (χ1n) is 7.64. The number of halogens is 3. The van der Waals surface area contributed by atoms with Gasteiger partial charge in [-0.05, 0) is 37.5 Å². The first kappa shape index (κ1) is 19.3. The van der Waals surface area contributed by atoms with Gasteiger partial charge in [-0.2, -0.15) is 4.39 Å². The normalized spacial score (nSPS) is 13.4. The van der Waals surface area contributed by atoms with Crippen molar-refractivity contribution in [3.8, 4) is 5.75 Å². The molecule has 1 amide bonds. The summed E-state index contributed by atoms with van der Waals surface area (Å²) in [4.78, 5) is 11.3. The molecule has 0 bridgehead atoms. The molecule has 0 aliphatic heterocycles. The lowest BCUT2D eigenvalue weighted by molar-refractivity contribution is -0.120. The molecule has 2 atom stereocenters. The number of alkyl halides is 3. The van der Waals surface area contributed by atoms with Gasteiger partial charge in [0, 0.05) is 13.1 Å². The average Bonchev–Trinajstić information content (AvgIpc) is 2.54. The van der Waals surface area contributed by atoms with Crippen LogP contribution in [0.3, 0.4) is 0 Å². The average molecular weight is 332 g/mol. The number of nitrogens with one attached hydrogen (secondary N) is 2. The molecule has 1 aromatic carbocycles. The number of carbonyl (C=O) groups excluding carboxylic acids is 1. The van der Waals surface area contributed by atoms with Crippen LogP contribution in [0, 0.1) is 0 Å². The van der Waals surface area contributed by atoms with E-state index in [4.69, 9.17) is 4.74 Å². The van der Waals surface area contributed by atoms with Crippen LogP contribution < -0.4 is 15.4 Å².